The summed E-state index contributed by atoms with van der Waals surface area (Å²) in [5.41, 5.74) is 4.07. The first-order chi connectivity index (χ1) is 25.8. The highest BCUT2D eigenvalue weighted by Gasteiger charge is 2.70. The fraction of sp³-hybridized carbons (Fsp3) is 0.729. The number of aliphatic hydroxyl groups is 1. The zero-order chi connectivity index (χ0) is 39.8. The predicted molar refractivity (Wildman–Crippen MR) is 218 cm³/mol. The number of carboxylic acid groups (broad SMARTS) is 1. The summed E-state index contributed by atoms with van der Waals surface area (Å²) in [5, 5.41) is 34.3. The first-order valence-corrected chi connectivity index (χ1v) is 21.5. The number of fused-ring (bicyclic) bond motifs is 7. The Morgan fingerprint density at radius 2 is 1.78 bits per heavy atom. The number of aliphatic hydroxyl groups excluding tert-OH is 1. The van der Waals surface area contributed by atoms with Crippen molar-refractivity contribution < 1.29 is 19.7 Å². The van der Waals surface area contributed by atoms with Crippen molar-refractivity contribution in [3.05, 3.63) is 59.3 Å². The maximum Gasteiger partial charge on any atom is 0.313 e. The molecule has 1 aromatic rings. The van der Waals surface area contributed by atoms with Crippen molar-refractivity contribution in [2.75, 3.05) is 19.8 Å². The van der Waals surface area contributed by atoms with Crippen LogP contribution in [0.2, 0.25) is 0 Å². The van der Waals surface area contributed by atoms with Crippen molar-refractivity contribution in [3.8, 4) is 11.9 Å². The molecular formula is C48H69N3O4. The Bertz CT molecular complexity index is 1810. The molecule has 4 fully saturated rings. The second kappa shape index (κ2) is 13.9. The van der Waals surface area contributed by atoms with Gasteiger partial charge in [0.25, 0.3) is 0 Å². The van der Waals surface area contributed by atoms with Crippen LogP contribution in [0.1, 0.15) is 138 Å². The smallest absolute Gasteiger partial charge is 0.313 e. The van der Waals surface area contributed by atoms with Crippen molar-refractivity contribution in [2.45, 2.75) is 138 Å². The Balaban J connectivity index is 1.14. The molecule has 1 heterocycles. The zero-order valence-electron chi connectivity index (χ0n) is 35.2. The summed E-state index contributed by atoms with van der Waals surface area (Å²) in [4.78, 5) is 17.0. The van der Waals surface area contributed by atoms with Crippen LogP contribution >= 0.6 is 0 Å². The van der Waals surface area contributed by atoms with E-state index in [9.17, 15) is 20.3 Å². The van der Waals surface area contributed by atoms with Gasteiger partial charge in [-0.25, -0.2) is 4.98 Å². The maximum absolute atomic E-state index is 12.8. The van der Waals surface area contributed by atoms with Crippen molar-refractivity contribution in [1.82, 2.24) is 10.3 Å². The minimum Gasteiger partial charge on any atom is -0.481 e. The Kier molecular flexibility index (Phi) is 10.1. The number of nitrogens with one attached hydrogen (secondary N) is 1. The van der Waals surface area contributed by atoms with Crippen LogP contribution in [0, 0.1) is 73.4 Å². The topological polar surface area (TPSA) is 115 Å². The number of rotatable bonds is 10. The van der Waals surface area contributed by atoms with Gasteiger partial charge in [-0.1, -0.05) is 72.8 Å². The lowest BCUT2D eigenvalue weighted by Gasteiger charge is -2.72. The van der Waals surface area contributed by atoms with Crippen molar-refractivity contribution in [3.63, 3.8) is 0 Å². The molecule has 300 valence electrons. The number of pyridine rings is 1. The Morgan fingerprint density at radius 1 is 1.02 bits per heavy atom. The average Bonchev–Trinajstić information content (AvgIpc) is 3.54. The predicted octanol–water partition coefficient (Wildman–Crippen LogP) is 10.1. The molecule has 0 aromatic carbocycles. The molecule has 4 saturated carbocycles. The van der Waals surface area contributed by atoms with Crippen LogP contribution in [0.5, 0.6) is 5.88 Å². The van der Waals surface area contributed by atoms with E-state index in [1.165, 1.54) is 68.1 Å². The largest absolute Gasteiger partial charge is 0.481 e. The standard InChI is InChI=1S/C48H69N3O4/c1-31(2)34-16-23-48(51-28-42(3,4)29-52)25-24-45(8)36(39(34)48)12-13-38-44(7)19-17-35(43(5,6)37(44)18-20-46(38,45)9)32-14-21-47(22-15-32,41(53)54)30-55-40-33(27-49)11-10-26-50-40/h10-11,14,17,26,34,36-39,51-52H,1,12-13,15-16,18-25,28-30H2,2-9H3,(H,53,54)/t34-,36+,37-,38+,39+,44-,45+,46+,47-,48-/m0/s1. The average molecular weight is 752 g/mol. The number of nitrogens with zero attached hydrogens (tertiary/aromatic N) is 2. The van der Waals surface area contributed by atoms with E-state index in [2.05, 4.69) is 90.5 Å². The molecule has 0 radical (unpaired) electrons. The number of carbonyl (C=O) groups is 1. The lowest BCUT2D eigenvalue weighted by atomic mass is 9.33. The van der Waals surface area contributed by atoms with Crippen LogP contribution in [0.4, 0.5) is 0 Å². The van der Waals surface area contributed by atoms with Crippen LogP contribution in [0.15, 0.2) is 53.8 Å². The number of nitriles is 1. The third-order valence-electron chi connectivity index (χ3n) is 17.8. The molecule has 6 aliphatic carbocycles. The molecule has 0 unspecified atom stereocenters. The molecule has 0 aliphatic heterocycles. The lowest BCUT2D eigenvalue weighted by molar-refractivity contribution is -0.221. The molecule has 6 aliphatic rings. The fourth-order valence-electron chi connectivity index (χ4n) is 14.4. The lowest BCUT2D eigenvalue weighted by Crippen LogP contribution is -2.68. The van der Waals surface area contributed by atoms with Gasteiger partial charge in [0.15, 0.2) is 0 Å². The number of carboxylic acids is 1. The molecule has 55 heavy (non-hydrogen) atoms. The van der Waals surface area contributed by atoms with Gasteiger partial charge in [0.2, 0.25) is 5.88 Å². The quantitative estimate of drug-likeness (QED) is 0.204. The summed E-state index contributed by atoms with van der Waals surface area (Å²) in [6.07, 6.45) is 19.0. The van der Waals surface area contributed by atoms with Gasteiger partial charge in [-0.3, -0.25) is 4.79 Å². The van der Waals surface area contributed by atoms with Crippen molar-refractivity contribution >= 4 is 5.97 Å². The summed E-state index contributed by atoms with van der Waals surface area (Å²) < 4.78 is 5.94. The Morgan fingerprint density at radius 3 is 2.44 bits per heavy atom. The molecule has 0 bridgehead atoms. The molecule has 0 amide bonds. The Labute approximate surface area is 331 Å². The minimum absolute atomic E-state index is 0.00718. The van der Waals surface area contributed by atoms with Crippen LogP contribution in [-0.2, 0) is 4.79 Å². The van der Waals surface area contributed by atoms with Gasteiger partial charge in [-0.2, -0.15) is 5.26 Å². The number of hydrogen-bond donors (Lipinski definition) is 3. The van der Waals surface area contributed by atoms with E-state index < -0.39 is 11.4 Å². The van der Waals surface area contributed by atoms with Gasteiger partial charge < -0.3 is 20.3 Å². The summed E-state index contributed by atoms with van der Waals surface area (Å²) in [5.74, 6) is 2.37. The number of hydrogen-bond acceptors (Lipinski definition) is 6. The van der Waals surface area contributed by atoms with Gasteiger partial charge in [0.1, 0.15) is 23.7 Å². The fourth-order valence-corrected chi connectivity index (χ4v) is 14.4. The molecule has 7 nitrogen and oxygen atoms in total. The van der Waals surface area contributed by atoms with Crippen LogP contribution in [-0.4, -0.2) is 46.5 Å². The van der Waals surface area contributed by atoms with Crippen molar-refractivity contribution in [1.29, 1.82) is 5.26 Å². The number of aliphatic carboxylic acids is 1. The normalized spacial score (nSPS) is 40.6. The minimum atomic E-state index is -1.05. The summed E-state index contributed by atoms with van der Waals surface area (Å²) >= 11 is 0. The third-order valence-corrected chi connectivity index (χ3v) is 17.8. The summed E-state index contributed by atoms with van der Waals surface area (Å²) in [6.45, 7) is 25.3. The molecular weight excluding hydrogens is 683 g/mol. The first kappa shape index (κ1) is 40.3. The van der Waals surface area contributed by atoms with Crippen LogP contribution in [0.3, 0.4) is 0 Å². The molecule has 7 heteroatoms. The van der Waals surface area contributed by atoms with Gasteiger partial charge >= 0.3 is 5.97 Å². The van der Waals surface area contributed by atoms with E-state index in [4.69, 9.17) is 4.74 Å². The SMILES string of the molecule is C=C(C)[C@@H]1CC[C@]2(NCC(C)(C)CO)CC[C@]3(C)[C@H](CC[C@@H]4[C@@]5(C)CC=C(C6=CC[C@](COc7ncccc7C#N)(C(=O)O)CC6)C(C)(C)[C@@H]5CC[C@]43C)[C@@H]12. The highest BCUT2D eigenvalue weighted by Crippen LogP contribution is 2.76. The highest BCUT2D eigenvalue weighted by atomic mass is 16.5. The van der Waals surface area contributed by atoms with Crippen LogP contribution < -0.4 is 10.1 Å². The van der Waals surface area contributed by atoms with Gasteiger partial charge in [0, 0.05) is 30.3 Å². The van der Waals surface area contributed by atoms with Crippen molar-refractivity contribution in [2.24, 2.45) is 62.1 Å². The maximum atomic E-state index is 12.8. The van der Waals surface area contributed by atoms with Crippen LogP contribution in [0.25, 0.3) is 0 Å². The summed E-state index contributed by atoms with van der Waals surface area (Å²) in [7, 11) is 0. The molecule has 10 atom stereocenters. The molecule has 7 rings (SSSR count). The Hall–Kier alpha value is -2.95. The second-order valence-corrected chi connectivity index (χ2v) is 21.3. The second-order valence-electron chi connectivity index (χ2n) is 21.3. The van der Waals surface area contributed by atoms with Gasteiger partial charge in [-0.05, 0) is 159 Å². The van der Waals surface area contributed by atoms with E-state index in [0.29, 0.717) is 54.4 Å². The molecule has 0 saturated heterocycles. The molecule has 3 N–H and O–H groups in total. The van der Waals surface area contributed by atoms with E-state index in [1.807, 2.05) is 0 Å². The highest BCUT2D eigenvalue weighted by molar-refractivity contribution is 5.75. The third kappa shape index (κ3) is 6.17. The molecule has 0 spiro atoms. The summed E-state index contributed by atoms with van der Waals surface area (Å²) in [6, 6.07) is 5.44. The monoisotopic (exact) mass is 752 g/mol. The van der Waals surface area contributed by atoms with E-state index in [-0.39, 0.29) is 51.7 Å². The van der Waals surface area contributed by atoms with Gasteiger partial charge in [-0.15, -0.1) is 0 Å². The molecule has 1 aromatic heterocycles. The van der Waals surface area contributed by atoms with E-state index >= 15 is 0 Å². The van der Waals surface area contributed by atoms with E-state index in [0.717, 1.165) is 13.0 Å². The number of ether oxygens (including phenoxy) is 1. The first-order valence-electron chi connectivity index (χ1n) is 21.5. The number of allylic oxidation sites excluding steroid dienone is 5. The van der Waals surface area contributed by atoms with E-state index in [1.54, 1.807) is 18.3 Å². The number of aromatic nitrogens is 1. The zero-order valence-corrected chi connectivity index (χ0v) is 35.2. The van der Waals surface area contributed by atoms with Gasteiger partial charge in [0.05, 0.1) is 0 Å².